The van der Waals surface area contributed by atoms with Crippen molar-refractivity contribution in [1.82, 2.24) is 9.97 Å². The van der Waals surface area contributed by atoms with Crippen LogP contribution in [0, 0.1) is 5.92 Å². The van der Waals surface area contributed by atoms with Crippen LogP contribution in [0.2, 0.25) is 0 Å². The molecule has 0 atom stereocenters. The van der Waals surface area contributed by atoms with Crippen LogP contribution in [0.25, 0.3) is 10.9 Å². The van der Waals surface area contributed by atoms with Gasteiger partial charge in [-0.3, -0.25) is 0 Å². The number of ether oxygens (including phenoxy) is 1. The van der Waals surface area contributed by atoms with Gasteiger partial charge in [0.1, 0.15) is 17.7 Å². The quantitative estimate of drug-likeness (QED) is 0.844. The summed E-state index contributed by atoms with van der Waals surface area (Å²) in [7, 11) is 0. The molecular weight excluding hydrogens is 290 g/mol. The van der Waals surface area contributed by atoms with Gasteiger partial charge in [-0.25, -0.2) is 14.8 Å². The number of esters is 1. The second kappa shape index (κ2) is 6.94. The van der Waals surface area contributed by atoms with E-state index in [0.717, 1.165) is 29.7 Å². The third-order valence-electron chi connectivity index (χ3n) is 3.28. The third kappa shape index (κ3) is 4.91. The zero-order valence-electron chi connectivity index (χ0n) is 14.5. The Bertz CT molecular complexity index is 690. The molecule has 1 aromatic carbocycles. The minimum absolute atomic E-state index is 0.337. The molecule has 0 saturated carbocycles. The summed E-state index contributed by atoms with van der Waals surface area (Å²) in [5.41, 5.74) is 0.797. The normalized spacial score (nSPS) is 11.7. The first-order chi connectivity index (χ1) is 10.8. The molecule has 0 amide bonds. The Morgan fingerprint density at radius 3 is 2.65 bits per heavy atom. The van der Waals surface area contributed by atoms with Crippen molar-refractivity contribution in [3.8, 4) is 0 Å². The number of benzene rings is 1. The van der Waals surface area contributed by atoms with Crippen LogP contribution < -0.4 is 5.32 Å². The van der Waals surface area contributed by atoms with Crippen LogP contribution in [-0.4, -0.2) is 28.1 Å². The maximum Gasteiger partial charge on any atom is 0.338 e. The van der Waals surface area contributed by atoms with E-state index < -0.39 is 5.60 Å². The van der Waals surface area contributed by atoms with Crippen molar-refractivity contribution in [3.63, 3.8) is 0 Å². The highest BCUT2D eigenvalue weighted by Crippen LogP contribution is 2.22. The Morgan fingerprint density at radius 1 is 1.26 bits per heavy atom. The molecule has 5 nitrogen and oxygen atoms in total. The predicted octanol–water partition coefficient (Wildman–Crippen LogP) is 4.04. The maximum absolute atomic E-state index is 12.2. The smallest absolute Gasteiger partial charge is 0.338 e. The highest BCUT2D eigenvalue weighted by atomic mass is 16.6. The molecule has 0 aliphatic rings. The van der Waals surface area contributed by atoms with Crippen LogP contribution >= 0.6 is 0 Å². The van der Waals surface area contributed by atoms with Crippen molar-refractivity contribution in [2.45, 2.75) is 46.6 Å². The molecule has 2 aromatic rings. The minimum Gasteiger partial charge on any atom is -0.456 e. The molecule has 1 aromatic heterocycles. The summed E-state index contributed by atoms with van der Waals surface area (Å²) in [5.74, 6) is 1.03. The number of fused-ring (bicyclic) bond motifs is 1. The van der Waals surface area contributed by atoms with Crippen molar-refractivity contribution >= 4 is 22.7 Å². The number of nitrogens with one attached hydrogen (secondary N) is 1. The van der Waals surface area contributed by atoms with Crippen LogP contribution in [0.4, 0.5) is 5.82 Å². The van der Waals surface area contributed by atoms with Crippen LogP contribution in [-0.2, 0) is 4.74 Å². The van der Waals surface area contributed by atoms with Gasteiger partial charge in [-0.2, -0.15) is 0 Å². The molecule has 0 aliphatic heterocycles. The van der Waals surface area contributed by atoms with Gasteiger partial charge in [-0.1, -0.05) is 13.8 Å². The molecule has 23 heavy (non-hydrogen) atoms. The lowest BCUT2D eigenvalue weighted by molar-refractivity contribution is 0.00697. The molecule has 5 heteroatoms. The molecule has 1 N–H and O–H groups in total. The summed E-state index contributed by atoms with van der Waals surface area (Å²) in [6.45, 7) is 10.8. The highest BCUT2D eigenvalue weighted by Gasteiger charge is 2.18. The lowest BCUT2D eigenvalue weighted by Crippen LogP contribution is -2.23. The van der Waals surface area contributed by atoms with Crippen molar-refractivity contribution in [1.29, 1.82) is 0 Å². The van der Waals surface area contributed by atoms with E-state index in [1.165, 1.54) is 6.33 Å². The van der Waals surface area contributed by atoms with Crippen molar-refractivity contribution in [2.24, 2.45) is 5.92 Å². The topological polar surface area (TPSA) is 64.1 Å². The van der Waals surface area contributed by atoms with E-state index in [-0.39, 0.29) is 5.97 Å². The fourth-order valence-electron chi connectivity index (χ4n) is 2.14. The van der Waals surface area contributed by atoms with Gasteiger partial charge in [-0.05, 0) is 51.3 Å². The van der Waals surface area contributed by atoms with Gasteiger partial charge in [-0.15, -0.1) is 0 Å². The number of aromatic nitrogens is 2. The summed E-state index contributed by atoms with van der Waals surface area (Å²) in [6, 6.07) is 5.35. The monoisotopic (exact) mass is 315 g/mol. The van der Waals surface area contributed by atoms with E-state index in [0.29, 0.717) is 11.5 Å². The van der Waals surface area contributed by atoms with Crippen LogP contribution in [0.3, 0.4) is 0 Å². The van der Waals surface area contributed by atoms with Crippen LogP contribution in [0.5, 0.6) is 0 Å². The number of anilines is 1. The molecular formula is C18H25N3O2. The number of carbonyl (C=O) groups is 1. The molecule has 0 saturated heterocycles. The van der Waals surface area contributed by atoms with Gasteiger partial charge in [0.15, 0.2) is 0 Å². The Balaban J connectivity index is 2.28. The second-order valence-electron chi connectivity index (χ2n) is 7.07. The van der Waals surface area contributed by atoms with Crippen molar-refractivity contribution < 1.29 is 9.53 Å². The Hall–Kier alpha value is -2.17. The average molecular weight is 315 g/mol. The maximum atomic E-state index is 12.2. The van der Waals surface area contributed by atoms with Gasteiger partial charge < -0.3 is 10.1 Å². The summed E-state index contributed by atoms with van der Waals surface area (Å²) >= 11 is 0. The number of carbonyl (C=O) groups excluding carboxylic acids is 1. The highest BCUT2D eigenvalue weighted by molar-refractivity contribution is 5.97. The van der Waals surface area contributed by atoms with Crippen LogP contribution in [0.1, 0.15) is 51.4 Å². The first-order valence-corrected chi connectivity index (χ1v) is 7.98. The zero-order valence-corrected chi connectivity index (χ0v) is 14.5. The molecule has 1 heterocycles. The fraction of sp³-hybridized carbons (Fsp3) is 0.500. The zero-order chi connectivity index (χ0) is 17.0. The molecule has 0 fully saturated rings. The minimum atomic E-state index is -0.516. The molecule has 0 radical (unpaired) electrons. The fourth-order valence-corrected chi connectivity index (χ4v) is 2.14. The van der Waals surface area contributed by atoms with E-state index in [1.807, 2.05) is 26.8 Å². The number of rotatable bonds is 5. The summed E-state index contributed by atoms with van der Waals surface area (Å²) in [6.07, 6.45) is 2.59. The van der Waals surface area contributed by atoms with Gasteiger partial charge in [0.2, 0.25) is 0 Å². The standard InChI is InChI=1S/C18H25N3O2/c1-12(2)8-9-19-16-14-10-13(17(22)23-18(3,4)5)6-7-15(14)20-11-21-16/h6-7,10-12H,8-9H2,1-5H3,(H,19,20,21). The largest absolute Gasteiger partial charge is 0.456 e. The number of nitrogens with zero attached hydrogens (tertiary/aromatic N) is 2. The van der Waals surface area contributed by atoms with Gasteiger partial charge in [0, 0.05) is 11.9 Å². The molecule has 124 valence electrons. The second-order valence-corrected chi connectivity index (χ2v) is 7.07. The predicted molar refractivity (Wildman–Crippen MR) is 92.7 cm³/mol. The van der Waals surface area contributed by atoms with Gasteiger partial charge in [0.25, 0.3) is 0 Å². The molecule has 2 rings (SSSR count). The number of hydrogen-bond donors (Lipinski definition) is 1. The first kappa shape index (κ1) is 17.2. The first-order valence-electron chi connectivity index (χ1n) is 7.98. The van der Waals surface area contributed by atoms with E-state index in [9.17, 15) is 4.79 Å². The van der Waals surface area contributed by atoms with Gasteiger partial charge >= 0.3 is 5.97 Å². The van der Waals surface area contributed by atoms with Gasteiger partial charge in [0.05, 0.1) is 11.1 Å². The van der Waals surface area contributed by atoms with E-state index in [1.54, 1.807) is 12.1 Å². The summed E-state index contributed by atoms with van der Waals surface area (Å²) < 4.78 is 5.42. The van der Waals surface area contributed by atoms with Crippen molar-refractivity contribution in [2.75, 3.05) is 11.9 Å². The third-order valence-corrected chi connectivity index (χ3v) is 3.28. The SMILES string of the molecule is CC(C)CCNc1ncnc2ccc(C(=O)OC(C)(C)C)cc12. The summed E-state index contributed by atoms with van der Waals surface area (Å²) in [4.78, 5) is 20.8. The average Bonchev–Trinajstić information content (AvgIpc) is 2.45. The molecule has 0 bridgehead atoms. The van der Waals surface area contributed by atoms with E-state index in [4.69, 9.17) is 4.74 Å². The number of hydrogen-bond acceptors (Lipinski definition) is 5. The summed E-state index contributed by atoms with van der Waals surface area (Å²) in [5, 5.41) is 4.16. The van der Waals surface area contributed by atoms with E-state index >= 15 is 0 Å². The molecule has 0 unspecified atom stereocenters. The van der Waals surface area contributed by atoms with E-state index in [2.05, 4.69) is 29.1 Å². The molecule has 0 aliphatic carbocycles. The Labute approximate surface area is 137 Å². The lowest BCUT2D eigenvalue weighted by atomic mass is 10.1. The Morgan fingerprint density at radius 2 is 2.00 bits per heavy atom. The van der Waals surface area contributed by atoms with Crippen LogP contribution in [0.15, 0.2) is 24.5 Å². The molecule has 0 spiro atoms. The lowest BCUT2D eigenvalue weighted by Gasteiger charge is -2.19. The van der Waals surface area contributed by atoms with Crippen molar-refractivity contribution in [3.05, 3.63) is 30.1 Å². The Kier molecular flexibility index (Phi) is 5.19.